The molecular formula is C24H30N6O10. The third kappa shape index (κ3) is 9.39. The average molecular weight is 563 g/mol. The monoisotopic (exact) mass is 562 g/mol. The van der Waals surface area contributed by atoms with E-state index in [0.29, 0.717) is 5.56 Å². The zero-order chi connectivity index (χ0) is 30.0. The number of fused-ring (bicyclic) bond motifs is 1. The van der Waals surface area contributed by atoms with Crippen LogP contribution in [0.25, 0.3) is 10.9 Å². The molecule has 16 heteroatoms. The van der Waals surface area contributed by atoms with E-state index in [4.69, 9.17) is 16.6 Å². The molecule has 0 radical (unpaired) electrons. The molecule has 11 N–H and O–H groups in total. The van der Waals surface area contributed by atoms with E-state index >= 15 is 0 Å². The number of aliphatic carboxylic acids is 3. The summed E-state index contributed by atoms with van der Waals surface area (Å²) < 4.78 is 0. The third-order valence-electron chi connectivity index (χ3n) is 5.76. The highest BCUT2D eigenvalue weighted by Crippen LogP contribution is 2.19. The van der Waals surface area contributed by atoms with Crippen molar-refractivity contribution in [2.75, 3.05) is 0 Å². The second kappa shape index (κ2) is 14.2. The Morgan fingerprint density at radius 2 is 1.40 bits per heavy atom. The molecule has 0 aliphatic rings. The molecule has 4 amide bonds. The Morgan fingerprint density at radius 1 is 0.800 bits per heavy atom. The van der Waals surface area contributed by atoms with Crippen LogP contribution < -0.4 is 27.4 Å². The summed E-state index contributed by atoms with van der Waals surface area (Å²) in [5, 5.41) is 34.6. The highest BCUT2D eigenvalue weighted by Gasteiger charge is 2.32. The lowest BCUT2D eigenvalue weighted by Gasteiger charge is -2.24. The Labute approximate surface area is 226 Å². The van der Waals surface area contributed by atoms with Gasteiger partial charge in [-0.05, 0) is 24.5 Å². The number of amides is 4. The summed E-state index contributed by atoms with van der Waals surface area (Å²) in [6.45, 7) is 0. The number of carboxylic acids is 3. The zero-order valence-electron chi connectivity index (χ0n) is 21.1. The van der Waals surface area contributed by atoms with E-state index < -0.39 is 91.4 Å². The van der Waals surface area contributed by atoms with Crippen LogP contribution in [-0.4, -0.2) is 86.0 Å². The number of nitrogens with two attached hydrogens (primary N) is 2. The number of H-pyrrole nitrogens is 1. The van der Waals surface area contributed by atoms with Crippen LogP contribution in [0, 0.1) is 0 Å². The van der Waals surface area contributed by atoms with Gasteiger partial charge in [0.25, 0.3) is 0 Å². The minimum absolute atomic E-state index is 0.0591. The molecule has 0 saturated carbocycles. The fourth-order valence-electron chi connectivity index (χ4n) is 3.78. The molecule has 0 fully saturated rings. The molecule has 0 aliphatic heterocycles. The van der Waals surface area contributed by atoms with Crippen LogP contribution in [0.2, 0.25) is 0 Å². The number of carbonyl (C=O) groups is 7. The highest BCUT2D eigenvalue weighted by atomic mass is 16.4. The lowest BCUT2D eigenvalue weighted by Crippen LogP contribution is -2.58. The predicted molar refractivity (Wildman–Crippen MR) is 136 cm³/mol. The van der Waals surface area contributed by atoms with Crippen molar-refractivity contribution < 1.29 is 48.9 Å². The molecule has 1 heterocycles. The first-order chi connectivity index (χ1) is 18.8. The SMILES string of the molecule is NC(=O)CC(NC(=O)C(CC(=O)O)NC(=O)C(CCC(=O)O)NC(=O)C(N)Cc1c[nH]c2ccccc12)C(=O)O. The molecular weight excluding hydrogens is 532 g/mol. The number of benzene rings is 1. The maximum Gasteiger partial charge on any atom is 0.326 e. The lowest BCUT2D eigenvalue weighted by atomic mass is 10.0. The molecule has 4 atom stereocenters. The summed E-state index contributed by atoms with van der Waals surface area (Å²) in [6.07, 6.45) is -1.09. The number of carbonyl (C=O) groups excluding carboxylic acids is 4. The van der Waals surface area contributed by atoms with Gasteiger partial charge in [0.15, 0.2) is 0 Å². The van der Waals surface area contributed by atoms with E-state index in [9.17, 15) is 43.8 Å². The Bertz CT molecular complexity index is 1290. The lowest BCUT2D eigenvalue weighted by molar-refractivity contribution is -0.144. The molecule has 0 spiro atoms. The average Bonchev–Trinajstić information content (AvgIpc) is 3.27. The molecule has 216 valence electrons. The first-order valence-corrected chi connectivity index (χ1v) is 11.9. The third-order valence-corrected chi connectivity index (χ3v) is 5.76. The molecule has 0 saturated heterocycles. The van der Waals surface area contributed by atoms with Crippen molar-refractivity contribution in [3.05, 3.63) is 36.0 Å². The van der Waals surface area contributed by atoms with Crippen LogP contribution in [0.5, 0.6) is 0 Å². The second-order valence-electron chi connectivity index (χ2n) is 8.89. The first-order valence-electron chi connectivity index (χ1n) is 11.9. The van der Waals surface area contributed by atoms with Crippen LogP contribution in [0.15, 0.2) is 30.5 Å². The summed E-state index contributed by atoms with van der Waals surface area (Å²) in [6, 6.07) is 0.914. The van der Waals surface area contributed by atoms with Gasteiger partial charge in [0.05, 0.1) is 18.9 Å². The van der Waals surface area contributed by atoms with Crippen LogP contribution in [0.3, 0.4) is 0 Å². The highest BCUT2D eigenvalue weighted by molar-refractivity contribution is 5.96. The van der Waals surface area contributed by atoms with E-state index in [-0.39, 0.29) is 6.42 Å². The van der Waals surface area contributed by atoms with Crippen molar-refractivity contribution in [1.29, 1.82) is 0 Å². The largest absolute Gasteiger partial charge is 0.481 e. The maximum atomic E-state index is 13.0. The number of aromatic nitrogens is 1. The van der Waals surface area contributed by atoms with E-state index in [2.05, 4.69) is 15.6 Å². The summed E-state index contributed by atoms with van der Waals surface area (Å²) in [4.78, 5) is 86.3. The van der Waals surface area contributed by atoms with Crippen molar-refractivity contribution in [2.45, 2.75) is 56.3 Å². The predicted octanol–water partition coefficient (Wildman–Crippen LogP) is -2.21. The van der Waals surface area contributed by atoms with Crippen molar-refractivity contribution in [1.82, 2.24) is 20.9 Å². The Kier molecular flexibility index (Phi) is 11.1. The summed E-state index contributed by atoms with van der Waals surface area (Å²) in [5.74, 6) is -8.74. The Balaban J connectivity index is 2.17. The van der Waals surface area contributed by atoms with Gasteiger partial charge in [0.1, 0.15) is 18.1 Å². The van der Waals surface area contributed by atoms with E-state index in [1.807, 2.05) is 23.5 Å². The summed E-state index contributed by atoms with van der Waals surface area (Å²) in [5.41, 5.74) is 12.5. The molecule has 40 heavy (non-hydrogen) atoms. The van der Waals surface area contributed by atoms with Gasteiger partial charge in [0.2, 0.25) is 23.6 Å². The second-order valence-corrected chi connectivity index (χ2v) is 8.89. The van der Waals surface area contributed by atoms with Gasteiger partial charge < -0.3 is 47.7 Å². The fraction of sp³-hybridized carbons (Fsp3) is 0.375. The number of para-hydroxylation sites is 1. The van der Waals surface area contributed by atoms with Gasteiger partial charge in [-0.25, -0.2) is 4.79 Å². The van der Waals surface area contributed by atoms with Crippen LogP contribution in [-0.2, 0) is 40.0 Å². The summed E-state index contributed by atoms with van der Waals surface area (Å²) >= 11 is 0. The maximum absolute atomic E-state index is 13.0. The molecule has 1 aromatic carbocycles. The van der Waals surface area contributed by atoms with Gasteiger partial charge in [-0.1, -0.05) is 18.2 Å². The standard InChI is InChI=1S/C24H30N6O10/c25-13(7-11-10-27-14-4-2-1-3-12(11)14)21(36)28-15(5-6-19(32)33)22(37)29-16(9-20(34)35)23(38)30-17(24(39)40)8-18(26)31/h1-4,10,13,15-17,27H,5-9,25H2,(H2,26,31)(H,28,36)(H,29,37)(H,30,38)(H,32,33)(H,34,35)(H,39,40). The normalized spacial score (nSPS) is 13.8. The van der Waals surface area contributed by atoms with Crippen molar-refractivity contribution in [3.8, 4) is 0 Å². The molecule has 2 rings (SSSR count). The Morgan fingerprint density at radius 3 is 2.00 bits per heavy atom. The number of carboxylic acid groups (broad SMARTS) is 3. The van der Waals surface area contributed by atoms with Crippen molar-refractivity contribution in [3.63, 3.8) is 0 Å². The van der Waals surface area contributed by atoms with E-state index in [0.717, 1.165) is 10.9 Å². The minimum Gasteiger partial charge on any atom is -0.481 e. The first kappa shape index (κ1) is 31.2. The number of rotatable bonds is 16. The van der Waals surface area contributed by atoms with Crippen LogP contribution >= 0.6 is 0 Å². The van der Waals surface area contributed by atoms with E-state index in [1.165, 1.54) is 0 Å². The Hall–Kier alpha value is -4.99. The van der Waals surface area contributed by atoms with Gasteiger partial charge in [-0.15, -0.1) is 0 Å². The van der Waals surface area contributed by atoms with E-state index in [1.54, 1.807) is 12.3 Å². The quantitative estimate of drug-likeness (QED) is 0.106. The number of aromatic amines is 1. The van der Waals surface area contributed by atoms with Crippen LogP contribution in [0.4, 0.5) is 0 Å². The fourth-order valence-corrected chi connectivity index (χ4v) is 3.78. The number of hydrogen-bond acceptors (Lipinski definition) is 8. The smallest absolute Gasteiger partial charge is 0.326 e. The molecule has 4 unspecified atom stereocenters. The molecule has 0 aliphatic carbocycles. The van der Waals surface area contributed by atoms with Gasteiger partial charge in [-0.3, -0.25) is 28.8 Å². The van der Waals surface area contributed by atoms with Crippen LogP contribution in [0.1, 0.15) is 31.2 Å². The molecule has 0 bridgehead atoms. The number of primary amides is 1. The summed E-state index contributed by atoms with van der Waals surface area (Å²) in [7, 11) is 0. The van der Waals surface area contributed by atoms with Crippen molar-refractivity contribution >= 4 is 52.4 Å². The number of hydrogen-bond donors (Lipinski definition) is 9. The molecule has 1 aromatic heterocycles. The van der Waals surface area contributed by atoms with Gasteiger partial charge >= 0.3 is 17.9 Å². The number of nitrogens with one attached hydrogen (secondary N) is 4. The van der Waals surface area contributed by atoms with Gasteiger partial charge in [0, 0.05) is 23.5 Å². The van der Waals surface area contributed by atoms with Crippen molar-refractivity contribution in [2.24, 2.45) is 11.5 Å². The molecule has 2 aromatic rings. The molecule has 16 nitrogen and oxygen atoms in total. The minimum atomic E-state index is -1.84. The topological polar surface area (TPSA) is 284 Å². The zero-order valence-corrected chi connectivity index (χ0v) is 21.1. The van der Waals surface area contributed by atoms with Gasteiger partial charge in [-0.2, -0.15) is 0 Å².